The molecule has 3 nitrogen and oxygen atoms in total. The average Bonchev–Trinajstić information content (AvgIpc) is 2.87. The van der Waals surface area contributed by atoms with Gasteiger partial charge in [0.2, 0.25) is 0 Å². The first kappa shape index (κ1) is 14.1. The second-order valence-corrected chi connectivity index (χ2v) is 6.49. The van der Waals surface area contributed by atoms with Gasteiger partial charge < -0.3 is 5.11 Å². The zero-order valence-electron chi connectivity index (χ0n) is 11.5. The van der Waals surface area contributed by atoms with Crippen LogP contribution in [0.25, 0.3) is 0 Å². The Labute approximate surface area is 117 Å². The molecule has 5 heteroatoms. The number of carbonyl (C=O) groups is 1. The number of hydrogen-bond donors (Lipinski definition) is 1. The number of aliphatic hydroxyl groups excluding tert-OH is 1. The van der Waals surface area contributed by atoms with Gasteiger partial charge in [-0.1, -0.05) is 31.4 Å². The zero-order valence-corrected chi connectivity index (χ0v) is 11.5. The topological polar surface area (TPSA) is 40.5 Å². The molecule has 2 aliphatic carbocycles. The molecule has 0 radical (unpaired) electrons. The molecule has 0 aromatic rings. The van der Waals surface area contributed by atoms with Crippen LogP contribution in [0.4, 0.5) is 8.78 Å². The summed E-state index contributed by atoms with van der Waals surface area (Å²) in [6, 6.07) is 0. The Morgan fingerprint density at radius 2 is 2.15 bits per heavy atom. The number of rotatable bonds is 4. The number of carbonyl (C=O) groups excluding carboxylic acids is 1. The van der Waals surface area contributed by atoms with E-state index in [0.29, 0.717) is 25.2 Å². The standard InChI is InChI=1S/C15H21F2NO2/c16-15(17)10-18(9-12(19)8-11-4-3-5-11)14(13(15)20)6-1-2-7-14/h1,6,11,13,20H,2-5,7-10H2. The molecule has 1 saturated heterocycles. The Kier molecular flexibility index (Phi) is 3.45. The maximum Gasteiger partial charge on any atom is 0.287 e. The van der Waals surface area contributed by atoms with Gasteiger partial charge in [0.05, 0.1) is 18.6 Å². The van der Waals surface area contributed by atoms with Crippen LogP contribution in [0.2, 0.25) is 0 Å². The van der Waals surface area contributed by atoms with Crippen LogP contribution < -0.4 is 0 Å². The lowest BCUT2D eigenvalue weighted by Gasteiger charge is -2.35. The monoisotopic (exact) mass is 285 g/mol. The van der Waals surface area contributed by atoms with Gasteiger partial charge in [-0.05, 0) is 18.8 Å². The minimum Gasteiger partial charge on any atom is -0.384 e. The van der Waals surface area contributed by atoms with Gasteiger partial charge in [0, 0.05) is 6.42 Å². The first-order valence-electron chi connectivity index (χ1n) is 7.44. The predicted molar refractivity (Wildman–Crippen MR) is 70.6 cm³/mol. The lowest BCUT2D eigenvalue weighted by atomic mass is 9.81. The summed E-state index contributed by atoms with van der Waals surface area (Å²) in [5.74, 6) is -2.66. The number of Topliss-reactive ketones (excluding diaryl/α,β-unsaturated/α-hetero) is 1. The van der Waals surface area contributed by atoms with Crippen LogP contribution in [0.15, 0.2) is 12.2 Å². The number of hydrogen-bond acceptors (Lipinski definition) is 3. The molecule has 2 unspecified atom stereocenters. The third-order valence-electron chi connectivity index (χ3n) is 5.09. The van der Waals surface area contributed by atoms with Gasteiger partial charge in [-0.15, -0.1) is 0 Å². The summed E-state index contributed by atoms with van der Waals surface area (Å²) in [6.07, 6.45) is 6.78. The van der Waals surface area contributed by atoms with Crippen molar-refractivity contribution in [2.24, 2.45) is 5.92 Å². The second kappa shape index (κ2) is 4.88. The summed E-state index contributed by atoms with van der Waals surface area (Å²) in [4.78, 5) is 13.6. The molecule has 20 heavy (non-hydrogen) atoms. The normalized spacial score (nSPS) is 36.6. The maximum absolute atomic E-state index is 13.8. The highest BCUT2D eigenvalue weighted by molar-refractivity contribution is 5.81. The Morgan fingerprint density at radius 3 is 2.70 bits per heavy atom. The summed E-state index contributed by atoms with van der Waals surface area (Å²) < 4.78 is 27.7. The lowest BCUT2D eigenvalue weighted by molar-refractivity contribution is -0.122. The van der Waals surface area contributed by atoms with Gasteiger partial charge in [0.1, 0.15) is 11.9 Å². The molecule has 1 heterocycles. The van der Waals surface area contributed by atoms with Crippen molar-refractivity contribution in [2.45, 2.75) is 56.1 Å². The number of halogens is 2. The van der Waals surface area contributed by atoms with Gasteiger partial charge >= 0.3 is 0 Å². The van der Waals surface area contributed by atoms with Crippen molar-refractivity contribution in [2.75, 3.05) is 13.1 Å². The number of ketones is 1. The molecule has 1 aliphatic heterocycles. The SMILES string of the molecule is O=C(CC1CCC1)CN1CC(F)(F)C(O)C12C=CCC2. The van der Waals surface area contributed by atoms with E-state index in [1.54, 1.807) is 6.08 Å². The minimum atomic E-state index is -3.13. The van der Waals surface area contributed by atoms with Gasteiger partial charge in [0.25, 0.3) is 5.92 Å². The maximum atomic E-state index is 13.8. The number of alkyl halides is 2. The van der Waals surface area contributed by atoms with Crippen molar-refractivity contribution < 1.29 is 18.7 Å². The molecular weight excluding hydrogens is 264 g/mol. The summed E-state index contributed by atoms with van der Waals surface area (Å²) in [5.41, 5.74) is -1.03. The average molecular weight is 285 g/mol. The summed E-state index contributed by atoms with van der Waals surface area (Å²) in [7, 11) is 0. The van der Waals surface area contributed by atoms with Gasteiger partial charge in [-0.3, -0.25) is 9.69 Å². The summed E-state index contributed by atoms with van der Waals surface area (Å²) >= 11 is 0. The van der Waals surface area contributed by atoms with Crippen molar-refractivity contribution in [3.05, 3.63) is 12.2 Å². The Bertz CT molecular complexity index is 434. The molecule has 2 fully saturated rings. The fourth-order valence-electron chi connectivity index (χ4n) is 3.70. The van der Waals surface area contributed by atoms with Crippen molar-refractivity contribution in [1.82, 2.24) is 4.90 Å². The molecule has 112 valence electrons. The molecule has 3 aliphatic rings. The van der Waals surface area contributed by atoms with Crippen molar-refractivity contribution in [3.63, 3.8) is 0 Å². The first-order valence-corrected chi connectivity index (χ1v) is 7.44. The Morgan fingerprint density at radius 1 is 1.40 bits per heavy atom. The van der Waals surface area contributed by atoms with E-state index in [-0.39, 0.29) is 12.3 Å². The molecule has 3 rings (SSSR count). The number of aliphatic hydroxyl groups is 1. The molecule has 0 aromatic heterocycles. The highest BCUT2D eigenvalue weighted by Gasteiger charge is 2.62. The summed E-state index contributed by atoms with van der Waals surface area (Å²) in [5, 5.41) is 9.98. The number of nitrogens with zero attached hydrogens (tertiary/aromatic N) is 1. The van der Waals surface area contributed by atoms with Crippen LogP contribution in [0.1, 0.15) is 38.5 Å². The van der Waals surface area contributed by atoms with Crippen molar-refractivity contribution in [1.29, 1.82) is 0 Å². The van der Waals surface area contributed by atoms with E-state index in [0.717, 1.165) is 12.8 Å². The van der Waals surface area contributed by atoms with E-state index in [4.69, 9.17) is 0 Å². The van der Waals surface area contributed by atoms with Crippen molar-refractivity contribution >= 4 is 5.78 Å². The molecule has 0 bridgehead atoms. The van der Waals surface area contributed by atoms with E-state index in [2.05, 4.69) is 0 Å². The van der Waals surface area contributed by atoms with Gasteiger partial charge in [-0.2, -0.15) is 0 Å². The van der Waals surface area contributed by atoms with Crippen LogP contribution in [0, 0.1) is 5.92 Å². The second-order valence-electron chi connectivity index (χ2n) is 6.49. The van der Waals surface area contributed by atoms with Crippen LogP contribution in [0.3, 0.4) is 0 Å². The third-order valence-corrected chi connectivity index (χ3v) is 5.09. The molecule has 2 atom stereocenters. The molecule has 0 amide bonds. The minimum absolute atomic E-state index is 0.0271. The molecule has 1 saturated carbocycles. The van der Waals surface area contributed by atoms with E-state index >= 15 is 0 Å². The summed E-state index contributed by atoms with van der Waals surface area (Å²) in [6.45, 7) is -0.484. The van der Waals surface area contributed by atoms with Crippen LogP contribution in [-0.4, -0.2) is 46.4 Å². The fourth-order valence-corrected chi connectivity index (χ4v) is 3.70. The smallest absolute Gasteiger partial charge is 0.287 e. The highest BCUT2D eigenvalue weighted by Crippen LogP contribution is 2.46. The van der Waals surface area contributed by atoms with Crippen LogP contribution in [-0.2, 0) is 4.79 Å². The van der Waals surface area contributed by atoms with E-state index in [1.807, 2.05) is 6.08 Å². The van der Waals surface area contributed by atoms with Gasteiger partial charge in [0.15, 0.2) is 0 Å². The number of allylic oxidation sites excluding steroid dienone is 1. The predicted octanol–water partition coefficient (Wildman–Crippen LogP) is 2.15. The highest BCUT2D eigenvalue weighted by atomic mass is 19.3. The Balaban J connectivity index is 1.70. The largest absolute Gasteiger partial charge is 0.384 e. The van der Waals surface area contributed by atoms with Crippen LogP contribution in [0.5, 0.6) is 0 Å². The van der Waals surface area contributed by atoms with E-state index in [9.17, 15) is 18.7 Å². The first-order chi connectivity index (χ1) is 9.44. The zero-order chi connectivity index (χ0) is 14.4. The van der Waals surface area contributed by atoms with Crippen LogP contribution >= 0.6 is 0 Å². The van der Waals surface area contributed by atoms with E-state index in [1.165, 1.54) is 11.3 Å². The molecule has 1 spiro atoms. The molecular formula is C15H21F2NO2. The molecule has 0 aromatic carbocycles. The fraction of sp³-hybridized carbons (Fsp3) is 0.800. The lowest BCUT2D eigenvalue weighted by Crippen LogP contribution is -2.50. The van der Waals surface area contributed by atoms with Crippen molar-refractivity contribution in [3.8, 4) is 0 Å². The Hall–Kier alpha value is -0.810. The molecule has 1 N–H and O–H groups in total. The third kappa shape index (κ3) is 2.21. The van der Waals surface area contributed by atoms with E-state index < -0.39 is 24.1 Å². The van der Waals surface area contributed by atoms with Gasteiger partial charge in [-0.25, -0.2) is 8.78 Å². The number of likely N-dealkylation sites (tertiary alicyclic amines) is 1. The quantitative estimate of drug-likeness (QED) is 0.805.